The van der Waals surface area contributed by atoms with Gasteiger partial charge in [-0.25, -0.2) is 0 Å². The molecular formula is C14H21NO. The molecule has 0 atom stereocenters. The molecule has 0 aliphatic rings. The van der Waals surface area contributed by atoms with Crippen molar-refractivity contribution in [1.29, 1.82) is 0 Å². The Balaban J connectivity index is 2.54. The van der Waals surface area contributed by atoms with Gasteiger partial charge in [0.15, 0.2) is 0 Å². The van der Waals surface area contributed by atoms with E-state index in [0.29, 0.717) is 12.5 Å². The topological polar surface area (TPSA) is 29.1 Å². The van der Waals surface area contributed by atoms with E-state index >= 15 is 0 Å². The van der Waals surface area contributed by atoms with Crippen LogP contribution in [0.25, 0.3) is 0 Å². The highest BCUT2D eigenvalue weighted by Crippen LogP contribution is 2.24. The van der Waals surface area contributed by atoms with Crippen LogP contribution < -0.4 is 5.32 Å². The summed E-state index contributed by atoms with van der Waals surface area (Å²) in [7, 11) is 0. The lowest BCUT2D eigenvalue weighted by Gasteiger charge is -2.29. The van der Waals surface area contributed by atoms with Crippen molar-refractivity contribution >= 4 is 5.91 Å². The molecule has 0 saturated carbocycles. The van der Waals surface area contributed by atoms with Gasteiger partial charge in [0.1, 0.15) is 0 Å². The molecule has 1 aromatic carbocycles. The summed E-state index contributed by atoms with van der Waals surface area (Å²) in [5, 5.41) is 2.98. The summed E-state index contributed by atoms with van der Waals surface area (Å²) in [6, 6.07) is 9.33. The predicted octanol–water partition coefficient (Wildman–Crippen LogP) is 3.10. The molecule has 0 aliphatic heterocycles. The van der Waals surface area contributed by atoms with Crippen molar-refractivity contribution in [1.82, 2.24) is 5.32 Å². The van der Waals surface area contributed by atoms with Gasteiger partial charge in [0.05, 0.1) is 0 Å². The minimum Gasteiger partial charge on any atom is -0.351 e. The van der Waals surface area contributed by atoms with E-state index < -0.39 is 0 Å². The van der Waals surface area contributed by atoms with E-state index in [1.807, 2.05) is 30.3 Å². The minimum absolute atomic E-state index is 0.00863. The fourth-order valence-corrected chi connectivity index (χ4v) is 1.20. The van der Waals surface area contributed by atoms with Gasteiger partial charge in [0.25, 0.3) is 5.91 Å². The second-order valence-electron chi connectivity index (χ2n) is 5.19. The Labute approximate surface area is 98.1 Å². The normalized spacial score (nSPS) is 11.6. The zero-order valence-electron chi connectivity index (χ0n) is 10.6. The van der Waals surface area contributed by atoms with Crippen molar-refractivity contribution in [2.75, 3.05) is 6.54 Å². The van der Waals surface area contributed by atoms with Crippen molar-refractivity contribution in [3.63, 3.8) is 0 Å². The van der Waals surface area contributed by atoms with Crippen molar-refractivity contribution in [3.8, 4) is 0 Å². The first-order valence-corrected chi connectivity index (χ1v) is 5.77. The number of rotatable bonds is 4. The van der Waals surface area contributed by atoms with Crippen LogP contribution in [0.3, 0.4) is 0 Å². The van der Waals surface area contributed by atoms with Gasteiger partial charge in [0, 0.05) is 12.1 Å². The fraction of sp³-hybridized carbons (Fsp3) is 0.500. The average molecular weight is 219 g/mol. The number of amides is 1. The van der Waals surface area contributed by atoms with E-state index in [1.165, 1.54) is 0 Å². The fourth-order valence-electron chi connectivity index (χ4n) is 1.20. The lowest BCUT2D eigenvalue weighted by atomic mass is 9.81. The molecule has 0 saturated heterocycles. The molecule has 0 aliphatic carbocycles. The molecule has 1 rings (SSSR count). The van der Waals surface area contributed by atoms with E-state index in [9.17, 15) is 4.79 Å². The maximum atomic E-state index is 11.8. The SMILES string of the molecule is CC(C)C(C)(C)CNC(=O)c1ccccc1. The number of carbonyl (C=O) groups is 1. The minimum atomic E-state index is 0.00863. The van der Waals surface area contributed by atoms with Gasteiger partial charge in [0.2, 0.25) is 0 Å². The third-order valence-corrected chi connectivity index (χ3v) is 3.30. The molecule has 2 nitrogen and oxygen atoms in total. The Kier molecular flexibility index (Phi) is 4.11. The molecule has 88 valence electrons. The van der Waals surface area contributed by atoms with E-state index in [0.717, 1.165) is 5.56 Å². The number of nitrogens with one attached hydrogen (secondary N) is 1. The van der Waals surface area contributed by atoms with Crippen molar-refractivity contribution in [2.24, 2.45) is 11.3 Å². The van der Waals surface area contributed by atoms with Gasteiger partial charge in [-0.1, -0.05) is 45.9 Å². The summed E-state index contributed by atoms with van der Waals surface area (Å²) in [6.07, 6.45) is 0. The lowest BCUT2D eigenvalue weighted by molar-refractivity contribution is 0.0925. The molecule has 1 aromatic rings. The Morgan fingerprint density at radius 2 is 1.81 bits per heavy atom. The molecule has 0 unspecified atom stereocenters. The molecular weight excluding hydrogens is 198 g/mol. The van der Waals surface area contributed by atoms with E-state index in [-0.39, 0.29) is 11.3 Å². The summed E-state index contributed by atoms with van der Waals surface area (Å²) in [6.45, 7) is 9.40. The van der Waals surface area contributed by atoms with E-state index in [2.05, 4.69) is 33.0 Å². The second kappa shape index (κ2) is 5.15. The Morgan fingerprint density at radius 3 is 2.31 bits per heavy atom. The van der Waals surface area contributed by atoms with Crippen molar-refractivity contribution in [2.45, 2.75) is 27.7 Å². The summed E-state index contributed by atoms with van der Waals surface area (Å²) < 4.78 is 0. The van der Waals surface area contributed by atoms with Crippen LogP contribution in [0.4, 0.5) is 0 Å². The lowest BCUT2D eigenvalue weighted by Crippen LogP contribution is -2.36. The van der Waals surface area contributed by atoms with Gasteiger partial charge in [-0.05, 0) is 23.5 Å². The molecule has 1 N–H and O–H groups in total. The monoisotopic (exact) mass is 219 g/mol. The average Bonchev–Trinajstić information content (AvgIpc) is 2.27. The zero-order chi connectivity index (χ0) is 12.2. The van der Waals surface area contributed by atoms with Crippen LogP contribution >= 0.6 is 0 Å². The highest BCUT2D eigenvalue weighted by molar-refractivity contribution is 5.94. The van der Waals surface area contributed by atoms with E-state index in [1.54, 1.807) is 0 Å². The number of hydrogen-bond donors (Lipinski definition) is 1. The Bertz CT molecular complexity index is 341. The number of benzene rings is 1. The third-order valence-electron chi connectivity index (χ3n) is 3.30. The molecule has 0 aromatic heterocycles. The number of carbonyl (C=O) groups excluding carboxylic acids is 1. The van der Waals surface area contributed by atoms with Crippen LogP contribution in [0.5, 0.6) is 0 Å². The van der Waals surface area contributed by atoms with Crippen LogP contribution in [0.2, 0.25) is 0 Å². The second-order valence-corrected chi connectivity index (χ2v) is 5.19. The first-order valence-electron chi connectivity index (χ1n) is 5.77. The summed E-state index contributed by atoms with van der Waals surface area (Å²) in [5.41, 5.74) is 0.854. The van der Waals surface area contributed by atoms with Crippen molar-refractivity contribution in [3.05, 3.63) is 35.9 Å². The zero-order valence-corrected chi connectivity index (χ0v) is 10.6. The van der Waals surface area contributed by atoms with Crippen LogP contribution in [0.1, 0.15) is 38.1 Å². The highest BCUT2D eigenvalue weighted by atomic mass is 16.1. The van der Waals surface area contributed by atoms with Gasteiger partial charge in [-0.3, -0.25) is 4.79 Å². The van der Waals surface area contributed by atoms with Crippen LogP contribution in [0.15, 0.2) is 30.3 Å². The molecule has 0 bridgehead atoms. The first kappa shape index (κ1) is 12.8. The van der Waals surface area contributed by atoms with Crippen LogP contribution in [-0.4, -0.2) is 12.5 Å². The molecule has 1 amide bonds. The number of hydrogen-bond acceptors (Lipinski definition) is 1. The molecule has 16 heavy (non-hydrogen) atoms. The predicted molar refractivity (Wildman–Crippen MR) is 67.4 cm³/mol. The Morgan fingerprint density at radius 1 is 1.25 bits per heavy atom. The maximum absolute atomic E-state index is 11.8. The van der Waals surface area contributed by atoms with Gasteiger partial charge < -0.3 is 5.32 Å². The van der Waals surface area contributed by atoms with Gasteiger partial charge in [-0.15, -0.1) is 0 Å². The van der Waals surface area contributed by atoms with Crippen molar-refractivity contribution < 1.29 is 4.79 Å². The van der Waals surface area contributed by atoms with Gasteiger partial charge in [-0.2, -0.15) is 0 Å². The first-order chi connectivity index (χ1) is 7.43. The quantitative estimate of drug-likeness (QED) is 0.828. The third kappa shape index (κ3) is 3.37. The Hall–Kier alpha value is -1.31. The van der Waals surface area contributed by atoms with Crippen LogP contribution in [-0.2, 0) is 0 Å². The molecule has 0 heterocycles. The molecule has 0 radical (unpaired) electrons. The smallest absolute Gasteiger partial charge is 0.251 e. The summed E-state index contributed by atoms with van der Waals surface area (Å²) >= 11 is 0. The standard InChI is InChI=1S/C14H21NO/c1-11(2)14(3,4)10-15-13(16)12-8-6-5-7-9-12/h5-9,11H,10H2,1-4H3,(H,15,16). The maximum Gasteiger partial charge on any atom is 0.251 e. The largest absolute Gasteiger partial charge is 0.351 e. The molecule has 0 fully saturated rings. The van der Waals surface area contributed by atoms with Gasteiger partial charge >= 0.3 is 0 Å². The molecule has 0 spiro atoms. The summed E-state index contributed by atoms with van der Waals surface area (Å²) in [4.78, 5) is 11.8. The summed E-state index contributed by atoms with van der Waals surface area (Å²) in [5.74, 6) is 0.554. The molecule has 2 heteroatoms. The highest BCUT2D eigenvalue weighted by Gasteiger charge is 2.22. The van der Waals surface area contributed by atoms with Crippen LogP contribution in [0, 0.1) is 11.3 Å². The van der Waals surface area contributed by atoms with E-state index in [4.69, 9.17) is 0 Å².